The van der Waals surface area contributed by atoms with Crippen LogP contribution in [0.15, 0.2) is 24.3 Å². The van der Waals surface area contributed by atoms with E-state index in [9.17, 15) is 19.2 Å². The van der Waals surface area contributed by atoms with Crippen LogP contribution in [-0.4, -0.2) is 65.5 Å². The molecule has 0 unspecified atom stereocenters. The Bertz CT molecular complexity index is 1050. The molecule has 2 aromatic rings. The number of fused-ring (bicyclic) bond motifs is 1. The first-order chi connectivity index (χ1) is 15.4. The van der Waals surface area contributed by atoms with E-state index in [4.69, 9.17) is 4.74 Å². The molecular weight excluding hydrogens is 432 g/mol. The summed E-state index contributed by atoms with van der Waals surface area (Å²) in [5, 5.41) is 6.77. The maximum atomic E-state index is 13.5. The summed E-state index contributed by atoms with van der Waals surface area (Å²) in [6.45, 7) is 5.03. The van der Waals surface area contributed by atoms with Crippen LogP contribution >= 0.6 is 11.3 Å². The van der Waals surface area contributed by atoms with Gasteiger partial charge in [0.15, 0.2) is 0 Å². The molecule has 1 spiro atoms. The molecule has 2 aliphatic heterocycles. The molecule has 0 saturated carbocycles. The number of hydrogen-bond donors (Lipinski definition) is 2. The minimum absolute atomic E-state index is 0.139. The lowest BCUT2D eigenvalue weighted by atomic mass is 9.86. The lowest BCUT2D eigenvalue weighted by Crippen LogP contribution is -2.57. The number of urea groups is 1. The van der Waals surface area contributed by atoms with Crippen molar-refractivity contribution >= 4 is 50.4 Å². The standard InChI is InChI=1S/C22H26N4O5S/c1-3-23-20(29)24-18-17(14-7-5-6-8-15(14)32-18)19(28)25-11-9-22(10-12-25)13-16(27)26(4-2)21(30)31-22/h5-8H,3-4,9-13H2,1-2H3,(H2,23,24,29). The number of hydrogen-bond acceptors (Lipinski definition) is 6. The maximum Gasteiger partial charge on any atom is 0.417 e. The number of carbonyl (C=O) groups is 4. The summed E-state index contributed by atoms with van der Waals surface area (Å²) < 4.78 is 6.55. The number of nitrogens with one attached hydrogen (secondary N) is 2. The van der Waals surface area contributed by atoms with Gasteiger partial charge in [-0.05, 0) is 19.9 Å². The third-order valence-electron chi connectivity index (χ3n) is 5.95. The summed E-state index contributed by atoms with van der Waals surface area (Å²) in [4.78, 5) is 53.0. The highest BCUT2D eigenvalue weighted by Crippen LogP contribution is 2.39. The van der Waals surface area contributed by atoms with Gasteiger partial charge in [0.05, 0.1) is 12.0 Å². The van der Waals surface area contributed by atoms with Crippen molar-refractivity contribution in [3.05, 3.63) is 29.8 Å². The van der Waals surface area contributed by atoms with Gasteiger partial charge in [0.25, 0.3) is 5.91 Å². The Balaban J connectivity index is 1.54. The number of ether oxygens (including phenoxy) is 1. The number of benzene rings is 1. The van der Waals surface area contributed by atoms with E-state index in [2.05, 4.69) is 10.6 Å². The summed E-state index contributed by atoms with van der Waals surface area (Å²) in [7, 11) is 0. The van der Waals surface area contributed by atoms with Crippen LogP contribution in [0.4, 0.5) is 14.6 Å². The number of rotatable bonds is 4. The van der Waals surface area contributed by atoms with E-state index in [-0.39, 0.29) is 30.8 Å². The molecule has 2 aliphatic rings. The zero-order chi connectivity index (χ0) is 22.9. The first kappa shape index (κ1) is 22.1. The molecule has 1 aromatic carbocycles. The quantitative estimate of drug-likeness (QED) is 0.730. The second-order valence-corrected chi connectivity index (χ2v) is 9.00. The van der Waals surface area contributed by atoms with Crippen molar-refractivity contribution in [1.29, 1.82) is 0 Å². The van der Waals surface area contributed by atoms with E-state index >= 15 is 0 Å². The number of carbonyl (C=O) groups excluding carboxylic acids is 4. The van der Waals surface area contributed by atoms with E-state index in [1.54, 1.807) is 11.8 Å². The first-order valence-electron chi connectivity index (χ1n) is 10.8. The predicted molar refractivity (Wildman–Crippen MR) is 121 cm³/mol. The van der Waals surface area contributed by atoms with Crippen LogP contribution in [0.2, 0.25) is 0 Å². The van der Waals surface area contributed by atoms with Crippen molar-refractivity contribution in [3.63, 3.8) is 0 Å². The second-order valence-electron chi connectivity index (χ2n) is 7.94. The van der Waals surface area contributed by atoms with Gasteiger partial charge in [-0.25, -0.2) is 14.5 Å². The Morgan fingerprint density at radius 3 is 2.53 bits per heavy atom. The molecule has 2 N–H and O–H groups in total. The predicted octanol–water partition coefficient (Wildman–Crippen LogP) is 3.41. The average Bonchev–Trinajstić information content (AvgIpc) is 3.11. The average molecular weight is 459 g/mol. The molecule has 5 amide bonds. The molecule has 10 heteroatoms. The van der Waals surface area contributed by atoms with E-state index < -0.39 is 11.7 Å². The number of piperidine rings is 1. The van der Waals surface area contributed by atoms with E-state index in [1.165, 1.54) is 11.3 Å². The Kier molecular flexibility index (Phi) is 6.05. The minimum Gasteiger partial charge on any atom is -0.442 e. The van der Waals surface area contributed by atoms with Crippen molar-refractivity contribution in [1.82, 2.24) is 15.1 Å². The molecule has 0 aliphatic carbocycles. The third-order valence-corrected chi connectivity index (χ3v) is 7.04. The minimum atomic E-state index is -0.852. The molecule has 2 saturated heterocycles. The van der Waals surface area contributed by atoms with Gasteiger partial charge in [0.1, 0.15) is 10.6 Å². The van der Waals surface area contributed by atoms with Crippen molar-refractivity contribution < 1.29 is 23.9 Å². The van der Waals surface area contributed by atoms with Crippen LogP contribution in [0.25, 0.3) is 10.1 Å². The Hall–Kier alpha value is -3.14. The summed E-state index contributed by atoms with van der Waals surface area (Å²) in [6.07, 6.45) is 0.324. The van der Waals surface area contributed by atoms with Crippen LogP contribution < -0.4 is 10.6 Å². The van der Waals surface area contributed by atoms with Crippen molar-refractivity contribution in [2.75, 3.05) is 31.5 Å². The van der Waals surface area contributed by atoms with E-state index in [0.29, 0.717) is 43.0 Å². The van der Waals surface area contributed by atoms with Gasteiger partial charge >= 0.3 is 12.1 Å². The molecule has 32 heavy (non-hydrogen) atoms. The molecule has 2 fully saturated rings. The zero-order valence-corrected chi connectivity index (χ0v) is 18.9. The van der Waals surface area contributed by atoms with Gasteiger partial charge < -0.3 is 15.0 Å². The first-order valence-corrected chi connectivity index (χ1v) is 11.6. The molecule has 1 aromatic heterocycles. The van der Waals surface area contributed by atoms with Gasteiger partial charge in [-0.1, -0.05) is 18.2 Å². The molecule has 0 atom stereocenters. The topological polar surface area (TPSA) is 108 Å². The molecule has 4 rings (SSSR count). The zero-order valence-electron chi connectivity index (χ0n) is 18.1. The van der Waals surface area contributed by atoms with Crippen molar-refractivity contribution in [3.8, 4) is 0 Å². The van der Waals surface area contributed by atoms with E-state index in [0.717, 1.165) is 15.0 Å². The largest absolute Gasteiger partial charge is 0.442 e. The molecule has 9 nitrogen and oxygen atoms in total. The number of thiophene rings is 1. The highest BCUT2D eigenvalue weighted by atomic mass is 32.1. The van der Waals surface area contributed by atoms with Crippen LogP contribution in [-0.2, 0) is 9.53 Å². The number of likely N-dealkylation sites (tertiary alicyclic amines) is 1. The third kappa shape index (κ3) is 4.02. The number of amides is 5. The molecular formula is C22H26N4O5S. The summed E-state index contributed by atoms with van der Waals surface area (Å²) in [6, 6.07) is 7.17. The molecule has 0 radical (unpaired) electrons. The number of nitrogens with zero attached hydrogens (tertiary/aromatic N) is 2. The summed E-state index contributed by atoms with van der Waals surface area (Å²) in [5.74, 6) is -0.423. The van der Waals surface area contributed by atoms with Crippen LogP contribution in [0.1, 0.15) is 43.5 Å². The fourth-order valence-corrected chi connectivity index (χ4v) is 5.35. The Labute approximate surface area is 189 Å². The Morgan fingerprint density at radius 1 is 1.16 bits per heavy atom. The number of anilines is 1. The van der Waals surface area contributed by atoms with Crippen LogP contribution in [0.5, 0.6) is 0 Å². The van der Waals surface area contributed by atoms with Crippen molar-refractivity contribution in [2.45, 2.75) is 38.7 Å². The molecule has 170 valence electrons. The Morgan fingerprint density at radius 2 is 1.88 bits per heavy atom. The molecule has 0 bridgehead atoms. The fourth-order valence-electron chi connectivity index (χ4n) is 4.26. The smallest absolute Gasteiger partial charge is 0.417 e. The van der Waals surface area contributed by atoms with Crippen LogP contribution in [0.3, 0.4) is 0 Å². The highest BCUT2D eigenvalue weighted by molar-refractivity contribution is 7.23. The lowest BCUT2D eigenvalue weighted by molar-refractivity contribution is -0.147. The fraction of sp³-hybridized carbons (Fsp3) is 0.455. The molecule has 3 heterocycles. The van der Waals surface area contributed by atoms with Gasteiger partial charge in [-0.2, -0.15) is 0 Å². The summed E-state index contributed by atoms with van der Waals surface area (Å²) in [5.41, 5.74) is -0.392. The van der Waals surface area contributed by atoms with E-state index in [1.807, 2.05) is 31.2 Å². The van der Waals surface area contributed by atoms with Gasteiger partial charge in [0, 0.05) is 49.1 Å². The monoisotopic (exact) mass is 458 g/mol. The van der Waals surface area contributed by atoms with Crippen molar-refractivity contribution in [2.24, 2.45) is 0 Å². The SMILES string of the molecule is CCNC(=O)Nc1sc2ccccc2c1C(=O)N1CCC2(CC1)CC(=O)N(CC)C(=O)O2. The highest BCUT2D eigenvalue weighted by Gasteiger charge is 2.47. The normalized spacial score (nSPS) is 18.1. The second kappa shape index (κ2) is 8.78. The van der Waals surface area contributed by atoms with Crippen LogP contribution in [0, 0.1) is 0 Å². The van der Waals surface area contributed by atoms with Gasteiger partial charge in [-0.15, -0.1) is 11.3 Å². The number of imide groups is 1. The van der Waals surface area contributed by atoms with Gasteiger partial charge in [-0.3, -0.25) is 14.9 Å². The maximum absolute atomic E-state index is 13.5. The summed E-state index contributed by atoms with van der Waals surface area (Å²) >= 11 is 1.36. The lowest BCUT2D eigenvalue weighted by Gasteiger charge is -2.44. The van der Waals surface area contributed by atoms with Gasteiger partial charge in [0.2, 0.25) is 5.91 Å².